The van der Waals surface area contributed by atoms with Gasteiger partial charge in [-0.1, -0.05) is 0 Å². The molecule has 0 radical (unpaired) electrons. The number of ether oxygens (including phenoxy) is 2. The maximum atomic E-state index is 12.8. The van der Waals surface area contributed by atoms with Gasteiger partial charge in [0.15, 0.2) is 0 Å². The number of rotatable bonds is 7. The summed E-state index contributed by atoms with van der Waals surface area (Å²) in [5, 5.41) is 0. The molecule has 4 heterocycles. The van der Waals surface area contributed by atoms with E-state index in [1.165, 1.54) is 0 Å². The predicted molar refractivity (Wildman–Crippen MR) is 117 cm³/mol. The van der Waals surface area contributed by atoms with E-state index in [0.29, 0.717) is 12.0 Å². The Labute approximate surface area is 180 Å². The lowest BCUT2D eigenvalue weighted by Gasteiger charge is -2.40. The third-order valence-corrected chi connectivity index (χ3v) is 7.07. The minimum absolute atomic E-state index is 0.176. The second-order valence-electron chi connectivity index (χ2n) is 9.03. The summed E-state index contributed by atoms with van der Waals surface area (Å²) < 4.78 is 13.0. The fraction of sp³-hybridized carbons (Fsp3) is 0.783. The van der Waals surface area contributed by atoms with Crippen LogP contribution in [0.15, 0.2) is 18.3 Å². The summed E-state index contributed by atoms with van der Waals surface area (Å²) >= 11 is 0. The van der Waals surface area contributed by atoms with Gasteiger partial charge in [-0.3, -0.25) is 14.6 Å². The van der Waals surface area contributed by atoms with Crippen LogP contribution in [0.3, 0.4) is 0 Å². The quantitative estimate of drug-likeness (QED) is 0.675. The Morgan fingerprint density at radius 1 is 1.03 bits per heavy atom. The van der Waals surface area contributed by atoms with Crippen molar-refractivity contribution >= 4 is 5.91 Å². The van der Waals surface area contributed by atoms with Gasteiger partial charge in [-0.15, -0.1) is 0 Å². The van der Waals surface area contributed by atoms with E-state index in [1.807, 2.05) is 34.8 Å². The molecule has 3 saturated heterocycles. The molecule has 7 nitrogen and oxygen atoms in total. The first kappa shape index (κ1) is 21.8. The van der Waals surface area contributed by atoms with Gasteiger partial charge in [0, 0.05) is 78.3 Å². The highest BCUT2D eigenvalue weighted by atomic mass is 16.5. The minimum atomic E-state index is 0.176. The average Bonchev–Trinajstić information content (AvgIpc) is 3.23. The van der Waals surface area contributed by atoms with Crippen molar-refractivity contribution in [1.29, 1.82) is 0 Å². The zero-order valence-corrected chi connectivity index (χ0v) is 18.5. The number of morpholine rings is 1. The lowest BCUT2D eigenvalue weighted by molar-refractivity contribution is 0.00622. The largest absolute Gasteiger partial charge is 0.381 e. The summed E-state index contributed by atoms with van der Waals surface area (Å²) in [4.78, 5) is 20.1. The van der Waals surface area contributed by atoms with Crippen LogP contribution >= 0.6 is 0 Å². The van der Waals surface area contributed by atoms with Crippen molar-refractivity contribution < 1.29 is 14.3 Å². The third kappa shape index (κ3) is 5.63. The first-order chi connectivity index (χ1) is 14.7. The van der Waals surface area contributed by atoms with E-state index in [-0.39, 0.29) is 5.91 Å². The van der Waals surface area contributed by atoms with Gasteiger partial charge >= 0.3 is 0 Å². The Hall–Kier alpha value is -1.41. The predicted octanol–water partition coefficient (Wildman–Crippen LogP) is 1.69. The van der Waals surface area contributed by atoms with E-state index >= 15 is 0 Å². The molecule has 0 aliphatic carbocycles. The van der Waals surface area contributed by atoms with E-state index in [9.17, 15) is 4.79 Å². The van der Waals surface area contributed by atoms with Crippen molar-refractivity contribution in [3.63, 3.8) is 0 Å². The Kier molecular flexibility index (Phi) is 7.82. The summed E-state index contributed by atoms with van der Waals surface area (Å²) in [6.07, 6.45) is 6.45. The number of nitrogens with zero attached hydrogens (tertiary/aromatic N) is 4. The normalized spacial score (nSPS) is 22.7. The maximum Gasteiger partial charge on any atom is 0.270 e. The Morgan fingerprint density at radius 2 is 1.73 bits per heavy atom. The van der Waals surface area contributed by atoms with Crippen molar-refractivity contribution in [2.45, 2.75) is 31.7 Å². The van der Waals surface area contributed by atoms with E-state index in [0.717, 1.165) is 104 Å². The highest BCUT2D eigenvalue weighted by molar-refractivity contribution is 5.92. The number of carbonyl (C=O) groups is 1. The van der Waals surface area contributed by atoms with Gasteiger partial charge in [-0.25, -0.2) is 0 Å². The van der Waals surface area contributed by atoms with Gasteiger partial charge in [0.05, 0.1) is 13.2 Å². The van der Waals surface area contributed by atoms with Crippen molar-refractivity contribution in [1.82, 2.24) is 19.3 Å². The van der Waals surface area contributed by atoms with Crippen LogP contribution in [-0.2, 0) is 16.5 Å². The number of aryl methyl sites for hydroxylation is 1. The molecule has 3 aliphatic heterocycles. The molecule has 0 atom stereocenters. The van der Waals surface area contributed by atoms with Gasteiger partial charge in [0.2, 0.25) is 0 Å². The molecule has 7 heteroatoms. The number of carbonyl (C=O) groups excluding carboxylic acids is 1. The molecule has 1 aromatic rings. The molecule has 0 aromatic carbocycles. The molecule has 0 spiro atoms. The fourth-order valence-electron chi connectivity index (χ4n) is 5.06. The zero-order valence-electron chi connectivity index (χ0n) is 18.5. The maximum absolute atomic E-state index is 12.8. The Balaban J connectivity index is 1.29. The van der Waals surface area contributed by atoms with Crippen LogP contribution in [0.1, 0.15) is 36.2 Å². The summed E-state index contributed by atoms with van der Waals surface area (Å²) in [7, 11) is 1.94. The highest BCUT2D eigenvalue weighted by Crippen LogP contribution is 2.23. The van der Waals surface area contributed by atoms with E-state index in [2.05, 4.69) is 9.80 Å². The molecule has 0 unspecified atom stereocenters. The minimum Gasteiger partial charge on any atom is -0.381 e. The van der Waals surface area contributed by atoms with Crippen LogP contribution in [-0.4, -0.2) is 103 Å². The fourth-order valence-corrected chi connectivity index (χ4v) is 5.06. The van der Waals surface area contributed by atoms with E-state index in [4.69, 9.17) is 9.47 Å². The first-order valence-electron chi connectivity index (χ1n) is 11.7. The molecule has 30 heavy (non-hydrogen) atoms. The van der Waals surface area contributed by atoms with Gasteiger partial charge in [0.25, 0.3) is 5.91 Å². The summed E-state index contributed by atoms with van der Waals surface area (Å²) in [6, 6.07) is 4.51. The van der Waals surface area contributed by atoms with Gasteiger partial charge in [-0.2, -0.15) is 0 Å². The summed E-state index contributed by atoms with van der Waals surface area (Å²) in [5.41, 5.74) is 0.794. The molecular formula is C23H38N4O3. The lowest BCUT2D eigenvalue weighted by Crippen LogP contribution is -2.49. The van der Waals surface area contributed by atoms with E-state index in [1.54, 1.807) is 0 Å². The topological polar surface area (TPSA) is 50.2 Å². The van der Waals surface area contributed by atoms with Crippen LogP contribution in [0, 0.1) is 5.92 Å². The molecular weight excluding hydrogens is 380 g/mol. The van der Waals surface area contributed by atoms with Crippen LogP contribution in [0.2, 0.25) is 0 Å². The van der Waals surface area contributed by atoms with Crippen LogP contribution in [0.25, 0.3) is 0 Å². The highest BCUT2D eigenvalue weighted by Gasteiger charge is 2.29. The second-order valence-corrected chi connectivity index (χ2v) is 9.03. The number of aromatic nitrogens is 1. The second kappa shape index (κ2) is 10.8. The molecule has 1 aromatic heterocycles. The van der Waals surface area contributed by atoms with Crippen molar-refractivity contribution in [3.05, 3.63) is 24.0 Å². The number of likely N-dealkylation sites (tertiary alicyclic amines) is 1. The van der Waals surface area contributed by atoms with Gasteiger partial charge in [0.1, 0.15) is 5.69 Å². The van der Waals surface area contributed by atoms with Gasteiger partial charge < -0.3 is 18.9 Å². The average molecular weight is 419 g/mol. The third-order valence-electron chi connectivity index (χ3n) is 7.07. The smallest absolute Gasteiger partial charge is 0.270 e. The standard InChI is InChI=1S/C23H38N4O3/c1-24-8-2-3-22(24)23(28)26-9-4-20(5-10-26)19-27(21-6-15-29-16-7-21)12-11-25-13-17-30-18-14-25/h2-3,8,20-21H,4-7,9-19H2,1H3. The van der Waals surface area contributed by atoms with Crippen LogP contribution in [0.4, 0.5) is 0 Å². The summed E-state index contributed by atoms with van der Waals surface area (Å²) in [5.74, 6) is 0.851. The van der Waals surface area contributed by atoms with Crippen molar-refractivity contribution in [2.75, 3.05) is 72.2 Å². The molecule has 168 valence electrons. The molecule has 4 rings (SSSR count). The number of amides is 1. The van der Waals surface area contributed by atoms with Crippen LogP contribution < -0.4 is 0 Å². The van der Waals surface area contributed by atoms with Gasteiger partial charge in [-0.05, 0) is 43.7 Å². The summed E-state index contributed by atoms with van der Waals surface area (Å²) in [6.45, 7) is 10.8. The molecule has 0 saturated carbocycles. The van der Waals surface area contributed by atoms with Crippen molar-refractivity contribution in [3.8, 4) is 0 Å². The van der Waals surface area contributed by atoms with E-state index < -0.39 is 0 Å². The SMILES string of the molecule is Cn1cccc1C(=O)N1CCC(CN(CCN2CCOCC2)C2CCOCC2)CC1. The number of hydrogen-bond acceptors (Lipinski definition) is 5. The zero-order chi connectivity index (χ0) is 20.8. The van der Waals surface area contributed by atoms with Crippen LogP contribution in [0.5, 0.6) is 0 Å². The lowest BCUT2D eigenvalue weighted by atomic mass is 9.94. The number of hydrogen-bond donors (Lipinski definition) is 0. The molecule has 0 N–H and O–H groups in total. The Morgan fingerprint density at radius 3 is 2.40 bits per heavy atom. The Bertz CT molecular complexity index is 659. The molecule has 3 aliphatic rings. The molecule has 1 amide bonds. The number of piperidine rings is 1. The molecule has 3 fully saturated rings. The monoisotopic (exact) mass is 418 g/mol. The molecule has 0 bridgehead atoms. The van der Waals surface area contributed by atoms with Crippen molar-refractivity contribution in [2.24, 2.45) is 13.0 Å². The first-order valence-corrected chi connectivity index (χ1v) is 11.7.